The third-order valence-electron chi connectivity index (χ3n) is 3.38. The minimum Gasteiger partial charge on any atom is -0.389 e. The van der Waals surface area contributed by atoms with Gasteiger partial charge in [0.15, 0.2) is 0 Å². The molecular weight excluding hydrogens is 240 g/mol. The van der Waals surface area contributed by atoms with E-state index < -0.39 is 6.10 Å². The predicted molar refractivity (Wildman–Crippen MR) is 73.9 cm³/mol. The third-order valence-corrected chi connectivity index (χ3v) is 3.38. The summed E-state index contributed by atoms with van der Waals surface area (Å²) in [5.74, 6) is 0. The van der Waals surface area contributed by atoms with Gasteiger partial charge in [-0.3, -0.25) is 0 Å². The van der Waals surface area contributed by atoms with E-state index in [0.717, 1.165) is 18.5 Å². The summed E-state index contributed by atoms with van der Waals surface area (Å²) < 4.78 is 5.66. The van der Waals surface area contributed by atoms with Crippen LogP contribution in [0.4, 0.5) is 5.69 Å². The molecule has 4 nitrogen and oxygen atoms in total. The van der Waals surface area contributed by atoms with Crippen LogP contribution < -0.4 is 5.32 Å². The minimum atomic E-state index is -0.503. The Labute approximate surface area is 114 Å². The van der Waals surface area contributed by atoms with Gasteiger partial charge in [0, 0.05) is 12.2 Å². The van der Waals surface area contributed by atoms with E-state index in [1.165, 1.54) is 12.8 Å². The largest absolute Gasteiger partial charge is 0.389 e. The number of anilines is 1. The normalized spacial score (nSPS) is 17.1. The van der Waals surface area contributed by atoms with Crippen LogP contribution in [0, 0.1) is 11.3 Å². The molecule has 1 aromatic rings. The Balaban J connectivity index is 1.67. The van der Waals surface area contributed by atoms with Crippen molar-refractivity contribution in [3.8, 4) is 6.07 Å². The van der Waals surface area contributed by atoms with Gasteiger partial charge in [-0.1, -0.05) is 12.8 Å². The second kappa shape index (κ2) is 7.13. The Bertz CT molecular complexity index is 419. The fraction of sp³-hybridized carbons (Fsp3) is 0.533. The molecule has 0 aliphatic heterocycles. The number of rotatable bonds is 6. The van der Waals surface area contributed by atoms with E-state index in [-0.39, 0.29) is 0 Å². The molecule has 19 heavy (non-hydrogen) atoms. The highest BCUT2D eigenvalue weighted by Crippen LogP contribution is 2.20. The number of aliphatic hydroxyl groups excluding tert-OH is 1. The molecule has 0 aromatic heterocycles. The molecule has 1 fully saturated rings. The minimum absolute atomic E-state index is 0.338. The summed E-state index contributed by atoms with van der Waals surface area (Å²) in [6.45, 7) is 0.840. The molecule has 102 valence electrons. The molecule has 0 heterocycles. The van der Waals surface area contributed by atoms with Crippen molar-refractivity contribution in [2.75, 3.05) is 18.5 Å². The monoisotopic (exact) mass is 260 g/mol. The first-order valence-corrected chi connectivity index (χ1v) is 6.81. The Morgan fingerprint density at radius 3 is 2.63 bits per heavy atom. The highest BCUT2D eigenvalue weighted by atomic mass is 16.5. The van der Waals surface area contributed by atoms with Gasteiger partial charge in [0.1, 0.15) is 0 Å². The number of nitrogens with one attached hydrogen (secondary N) is 1. The first-order chi connectivity index (χ1) is 9.28. The van der Waals surface area contributed by atoms with Crippen LogP contribution in [-0.4, -0.2) is 30.5 Å². The molecule has 0 saturated heterocycles. The first kappa shape index (κ1) is 13.9. The average molecular weight is 260 g/mol. The molecule has 0 bridgehead atoms. The lowest BCUT2D eigenvalue weighted by Gasteiger charge is -2.16. The van der Waals surface area contributed by atoms with E-state index in [4.69, 9.17) is 10.00 Å². The third kappa shape index (κ3) is 4.55. The van der Waals surface area contributed by atoms with Gasteiger partial charge in [-0.2, -0.15) is 5.26 Å². The Hall–Kier alpha value is -1.57. The van der Waals surface area contributed by atoms with Gasteiger partial charge in [0.2, 0.25) is 0 Å². The molecule has 0 spiro atoms. The number of nitrogens with zero attached hydrogens (tertiary/aromatic N) is 1. The van der Waals surface area contributed by atoms with Crippen molar-refractivity contribution in [3.63, 3.8) is 0 Å². The maximum Gasteiger partial charge on any atom is 0.0991 e. The summed E-state index contributed by atoms with van der Waals surface area (Å²) in [5, 5.41) is 21.7. The van der Waals surface area contributed by atoms with Crippen molar-refractivity contribution >= 4 is 5.69 Å². The molecule has 1 unspecified atom stereocenters. The number of nitriles is 1. The van der Waals surface area contributed by atoms with Gasteiger partial charge in [-0.25, -0.2) is 0 Å². The zero-order chi connectivity index (χ0) is 13.5. The van der Waals surface area contributed by atoms with Crippen LogP contribution in [0.2, 0.25) is 0 Å². The molecule has 0 radical (unpaired) electrons. The van der Waals surface area contributed by atoms with Crippen LogP contribution in [0.5, 0.6) is 0 Å². The summed E-state index contributed by atoms with van der Waals surface area (Å²) in [6, 6.07) is 9.25. The number of hydrogen-bond acceptors (Lipinski definition) is 4. The average Bonchev–Trinajstić information content (AvgIpc) is 2.96. The number of aliphatic hydroxyl groups is 1. The molecular formula is C15H20N2O2. The summed E-state index contributed by atoms with van der Waals surface area (Å²) in [6.07, 6.45) is 4.56. The Morgan fingerprint density at radius 1 is 1.32 bits per heavy atom. The lowest BCUT2D eigenvalue weighted by molar-refractivity contribution is -0.00117. The van der Waals surface area contributed by atoms with Gasteiger partial charge < -0.3 is 15.2 Å². The maximum atomic E-state index is 9.83. The van der Waals surface area contributed by atoms with E-state index in [9.17, 15) is 5.11 Å². The standard InChI is InChI=1S/C15H20N2O2/c16-9-12-5-7-13(8-6-12)17-10-14(18)11-19-15-3-1-2-4-15/h5-8,14-15,17-18H,1-4,10-11H2. The summed E-state index contributed by atoms with van der Waals surface area (Å²) >= 11 is 0. The van der Waals surface area contributed by atoms with E-state index in [0.29, 0.717) is 24.8 Å². The number of hydrogen-bond donors (Lipinski definition) is 2. The summed E-state index contributed by atoms with van der Waals surface area (Å²) in [7, 11) is 0. The smallest absolute Gasteiger partial charge is 0.0991 e. The van der Waals surface area contributed by atoms with Crippen molar-refractivity contribution < 1.29 is 9.84 Å². The molecule has 4 heteroatoms. The van der Waals surface area contributed by atoms with E-state index in [2.05, 4.69) is 11.4 Å². The summed E-state index contributed by atoms with van der Waals surface area (Å²) in [5.41, 5.74) is 1.54. The molecule has 2 rings (SSSR count). The highest BCUT2D eigenvalue weighted by molar-refractivity contribution is 5.47. The van der Waals surface area contributed by atoms with Gasteiger partial charge in [0.05, 0.1) is 30.4 Å². The SMILES string of the molecule is N#Cc1ccc(NCC(O)COC2CCCC2)cc1. The second-order valence-electron chi connectivity index (χ2n) is 4.96. The molecule has 1 saturated carbocycles. The second-order valence-corrected chi connectivity index (χ2v) is 4.96. The van der Waals surface area contributed by atoms with Crippen molar-refractivity contribution in [1.82, 2.24) is 0 Å². The molecule has 0 amide bonds. The fourth-order valence-corrected chi connectivity index (χ4v) is 2.26. The molecule has 1 aliphatic rings. The highest BCUT2D eigenvalue weighted by Gasteiger charge is 2.16. The van der Waals surface area contributed by atoms with E-state index in [1.54, 1.807) is 12.1 Å². The molecule has 1 aromatic carbocycles. The maximum absolute atomic E-state index is 9.83. The molecule has 1 atom stereocenters. The van der Waals surface area contributed by atoms with Gasteiger partial charge >= 0.3 is 0 Å². The van der Waals surface area contributed by atoms with Crippen LogP contribution in [0.3, 0.4) is 0 Å². The zero-order valence-corrected chi connectivity index (χ0v) is 11.0. The van der Waals surface area contributed by atoms with Gasteiger partial charge in [0.25, 0.3) is 0 Å². The number of ether oxygens (including phenoxy) is 1. The topological polar surface area (TPSA) is 65.3 Å². The quantitative estimate of drug-likeness (QED) is 0.823. The zero-order valence-electron chi connectivity index (χ0n) is 11.0. The van der Waals surface area contributed by atoms with Crippen LogP contribution in [-0.2, 0) is 4.74 Å². The molecule has 2 N–H and O–H groups in total. The van der Waals surface area contributed by atoms with Crippen molar-refractivity contribution in [3.05, 3.63) is 29.8 Å². The summed E-state index contributed by atoms with van der Waals surface area (Å²) in [4.78, 5) is 0. The predicted octanol–water partition coefficient (Wildman–Crippen LogP) is 2.29. The van der Waals surface area contributed by atoms with Crippen LogP contribution in [0.25, 0.3) is 0 Å². The van der Waals surface area contributed by atoms with E-state index in [1.807, 2.05) is 12.1 Å². The van der Waals surface area contributed by atoms with Gasteiger partial charge in [-0.05, 0) is 37.1 Å². The van der Waals surface area contributed by atoms with E-state index >= 15 is 0 Å². The van der Waals surface area contributed by atoms with Crippen molar-refractivity contribution in [2.45, 2.75) is 37.9 Å². The van der Waals surface area contributed by atoms with Crippen LogP contribution >= 0.6 is 0 Å². The Kier molecular flexibility index (Phi) is 5.20. The first-order valence-electron chi connectivity index (χ1n) is 6.81. The van der Waals surface area contributed by atoms with Gasteiger partial charge in [-0.15, -0.1) is 0 Å². The van der Waals surface area contributed by atoms with Crippen molar-refractivity contribution in [1.29, 1.82) is 5.26 Å². The lowest BCUT2D eigenvalue weighted by atomic mass is 10.2. The van der Waals surface area contributed by atoms with Crippen molar-refractivity contribution in [2.24, 2.45) is 0 Å². The van der Waals surface area contributed by atoms with Crippen LogP contribution in [0.1, 0.15) is 31.2 Å². The number of benzene rings is 1. The fourth-order valence-electron chi connectivity index (χ4n) is 2.26. The lowest BCUT2D eigenvalue weighted by Crippen LogP contribution is -2.27. The molecule has 1 aliphatic carbocycles. The van der Waals surface area contributed by atoms with Crippen LogP contribution in [0.15, 0.2) is 24.3 Å². The Morgan fingerprint density at radius 2 is 2.00 bits per heavy atom.